The molecule has 20 heavy (non-hydrogen) atoms. The number of hydrogen-bond donors (Lipinski definition) is 0. The smallest absolute Gasteiger partial charge is 0.0923 e. The van der Waals surface area contributed by atoms with Gasteiger partial charge < -0.3 is 0 Å². The lowest BCUT2D eigenvalue weighted by molar-refractivity contribution is 1.03. The predicted octanol–water partition coefficient (Wildman–Crippen LogP) is 5.01. The second-order valence-corrected chi connectivity index (χ2v) is 4.74. The summed E-state index contributed by atoms with van der Waals surface area (Å²) in [7, 11) is 0. The minimum Gasteiger partial charge on any atom is -0.249 e. The Bertz CT molecular complexity index is 666. The van der Waals surface area contributed by atoms with Gasteiger partial charge in [0.1, 0.15) is 0 Å². The summed E-state index contributed by atoms with van der Waals surface area (Å²) in [6, 6.07) is 6.14. The lowest BCUT2D eigenvalue weighted by Gasteiger charge is -2.11. The van der Waals surface area contributed by atoms with Crippen LogP contribution in [-0.4, -0.2) is 9.97 Å². The average Bonchev–Trinajstić information content (AvgIpc) is 2.50. The number of benzene rings is 1. The first-order valence-corrected chi connectivity index (χ1v) is 7.37. The molecule has 104 valence electrons. The van der Waals surface area contributed by atoms with E-state index in [2.05, 4.69) is 36.2 Å². The predicted molar refractivity (Wildman–Crippen MR) is 86.7 cm³/mol. The van der Waals surface area contributed by atoms with Gasteiger partial charge in [0, 0.05) is 0 Å². The molecule has 1 heterocycles. The maximum atomic E-state index is 4.82. The fourth-order valence-electron chi connectivity index (χ4n) is 2.37. The second kappa shape index (κ2) is 6.47. The van der Waals surface area contributed by atoms with Crippen LogP contribution in [0.4, 0.5) is 0 Å². The number of allylic oxidation sites excluding steroid dienone is 4. The monoisotopic (exact) mass is 266 g/mol. The molecule has 1 aliphatic carbocycles. The Labute approximate surface area is 121 Å². The van der Waals surface area contributed by atoms with Crippen LogP contribution in [0.15, 0.2) is 36.4 Å². The summed E-state index contributed by atoms with van der Waals surface area (Å²) in [6.45, 7) is 8.12. The van der Waals surface area contributed by atoms with Gasteiger partial charge in [0.25, 0.3) is 0 Å². The number of para-hydroxylation sites is 1. The third kappa shape index (κ3) is 2.79. The molecule has 0 aliphatic heterocycles. The normalized spacial score (nSPS) is 13.7. The van der Waals surface area contributed by atoms with Gasteiger partial charge in [0.15, 0.2) is 0 Å². The molecule has 1 aromatic heterocycles. The van der Waals surface area contributed by atoms with E-state index in [0.29, 0.717) is 0 Å². The van der Waals surface area contributed by atoms with Crippen LogP contribution in [0.25, 0.3) is 16.6 Å². The highest BCUT2D eigenvalue weighted by atomic mass is 14.8. The van der Waals surface area contributed by atoms with Gasteiger partial charge in [-0.2, -0.15) is 0 Å². The molecule has 1 aromatic carbocycles. The van der Waals surface area contributed by atoms with Crippen molar-refractivity contribution in [1.82, 2.24) is 9.97 Å². The summed E-state index contributed by atoms with van der Waals surface area (Å²) in [4.78, 5) is 9.49. The van der Waals surface area contributed by atoms with Gasteiger partial charge in [0.05, 0.1) is 22.4 Å². The van der Waals surface area contributed by atoms with Crippen LogP contribution in [0.2, 0.25) is 0 Å². The van der Waals surface area contributed by atoms with Gasteiger partial charge >= 0.3 is 0 Å². The summed E-state index contributed by atoms with van der Waals surface area (Å²) in [5.74, 6) is 0. The van der Waals surface area contributed by atoms with Gasteiger partial charge in [-0.25, -0.2) is 9.97 Å². The maximum absolute atomic E-state index is 4.82. The van der Waals surface area contributed by atoms with Crippen LogP contribution >= 0.6 is 0 Å². The first-order chi connectivity index (χ1) is 9.75. The topological polar surface area (TPSA) is 25.8 Å². The molecule has 0 amide bonds. The van der Waals surface area contributed by atoms with Gasteiger partial charge in [-0.15, -0.1) is 0 Å². The minimum atomic E-state index is 0.983. The Balaban J connectivity index is 0.000000704. The summed E-state index contributed by atoms with van der Waals surface area (Å²) < 4.78 is 0. The fraction of sp³-hybridized carbons (Fsp3) is 0.333. The summed E-state index contributed by atoms with van der Waals surface area (Å²) in [6.07, 6.45) is 8.84. The second-order valence-electron chi connectivity index (χ2n) is 4.74. The van der Waals surface area contributed by atoms with Crippen LogP contribution in [0.5, 0.6) is 0 Å². The van der Waals surface area contributed by atoms with Gasteiger partial charge in [-0.05, 0) is 43.9 Å². The molecule has 2 aromatic rings. The Kier molecular flexibility index (Phi) is 4.67. The van der Waals surface area contributed by atoms with Crippen molar-refractivity contribution >= 4 is 16.6 Å². The average molecular weight is 266 g/mol. The van der Waals surface area contributed by atoms with Crippen LogP contribution in [0.1, 0.15) is 43.6 Å². The third-order valence-corrected chi connectivity index (χ3v) is 3.34. The quantitative estimate of drug-likeness (QED) is 0.725. The SMILES string of the molecule is CC.Cc1nc2cccc(C)c2nc1C1=CCCC=C1. The number of rotatable bonds is 1. The Morgan fingerprint density at radius 1 is 1.00 bits per heavy atom. The minimum absolute atomic E-state index is 0.983. The Hall–Kier alpha value is -1.96. The van der Waals surface area contributed by atoms with E-state index in [1.807, 2.05) is 32.9 Å². The van der Waals surface area contributed by atoms with Crippen molar-refractivity contribution in [3.63, 3.8) is 0 Å². The van der Waals surface area contributed by atoms with Gasteiger partial charge in [-0.1, -0.05) is 44.2 Å². The summed E-state index contributed by atoms with van der Waals surface area (Å²) >= 11 is 0. The molecule has 2 nitrogen and oxygen atoms in total. The molecule has 0 radical (unpaired) electrons. The summed E-state index contributed by atoms with van der Waals surface area (Å²) in [5, 5.41) is 0. The number of fused-ring (bicyclic) bond motifs is 1. The van der Waals surface area contributed by atoms with E-state index >= 15 is 0 Å². The van der Waals surface area contributed by atoms with Gasteiger partial charge in [0.2, 0.25) is 0 Å². The van der Waals surface area contributed by atoms with E-state index in [-0.39, 0.29) is 0 Å². The molecule has 0 unspecified atom stereocenters. The van der Waals surface area contributed by atoms with Crippen molar-refractivity contribution in [1.29, 1.82) is 0 Å². The molecule has 0 bridgehead atoms. The summed E-state index contributed by atoms with van der Waals surface area (Å²) in [5.41, 5.74) is 6.41. The lowest BCUT2D eigenvalue weighted by atomic mass is 10.0. The standard InChI is InChI=1S/C16H16N2.C2H6/c1-11-7-6-10-14-15(11)18-16(12(2)17-14)13-8-4-3-5-9-13;1-2/h4,6-10H,3,5H2,1-2H3;1-2H3. The molecule has 2 heteroatoms. The fourth-order valence-corrected chi connectivity index (χ4v) is 2.37. The highest BCUT2D eigenvalue weighted by molar-refractivity contribution is 5.82. The molecule has 0 spiro atoms. The zero-order chi connectivity index (χ0) is 14.5. The molecule has 0 saturated carbocycles. The van der Waals surface area contributed by atoms with Gasteiger partial charge in [-0.3, -0.25) is 0 Å². The number of nitrogens with zero attached hydrogens (tertiary/aromatic N) is 2. The highest BCUT2D eigenvalue weighted by Crippen LogP contribution is 2.24. The highest BCUT2D eigenvalue weighted by Gasteiger charge is 2.10. The van der Waals surface area contributed by atoms with Crippen molar-refractivity contribution in [3.8, 4) is 0 Å². The molecule has 0 atom stereocenters. The molecule has 0 N–H and O–H groups in total. The van der Waals surface area contributed by atoms with E-state index in [4.69, 9.17) is 4.98 Å². The van der Waals surface area contributed by atoms with E-state index in [1.54, 1.807) is 0 Å². The van der Waals surface area contributed by atoms with E-state index in [1.165, 1.54) is 11.1 Å². The molecular weight excluding hydrogens is 244 g/mol. The first kappa shape index (κ1) is 14.4. The maximum Gasteiger partial charge on any atom is 0.0923 e. The van der Waals surface area contributed by atoms with Crippen molar-refractivity contribution < 1.29 is 0 Å². The van der Waals surface area contributed by atoms with Crippen LogP contribution in [-0.2, 0) is 0 Å². The molecule has 3 rings (SSSR count). The lowest BCUT2D eigenvalue weighted by Crippen LogP contribution is -1.99. The first-order valence-electron chi connectivity index (χ1n) is 7.37. The molecule has 1 aliphatic rings. The van der Waals surface area contributed by atoms with E-state index in [0.717, 1.165) is 35.3 Å². The van der Waals surface area contributed by atoms with Crippen LogP contribution in [0, 0.1) is 13.8 Å². The van der Waals surface area contributed by atoms with Crippen LogP contribution in [0.3, 0.4) is 0 Å². The number of hydrogen-bond acceptors (Lipinski definition) is 2. The third-order valence-electron chi connectivity index (χ3n) is 3.34. The largest absolute Gasteiger partial charge is 0.249 e. The molecular formula is C18H22N2. The van der Waals surface area contributed by atoms with Crippen molar-refractivity contribution in [2.24, 2.45) is 0 Å². The zero-order valence-corrected chi connectivity index (χ0v) is 12.8. The van der Waals surface area contributed by atoms with Crippen molar-refractivity contribution in [2.75, 3.05) is 0 Å². The van der Waals surface area contributed by atoms with E-state index < -0.39 is 0 Å². The van der Waals surface area contributed by atoms with Crippen LogP contribution < -0.4 is 0 Å². The Morgan fingerprint density at radius 2 is 1.80 bits per heavy atom. The van der Waals surface area contributed by atoms with E-state index in [9.17, 15) is 0 Å². The van der Waals surface area contributed by atoms with Crippen molar-refractivity contribution in [3.05, 3.63) is 53.4 Å². The zero-order valence-electron chi connectivity index (χ0n) is 12.8. The number of aromatic nitrogens is 2. The Morgan fingerprint density at radius 3 is 2.50 bits per heavy atom. The number of aryl methyl sites for hydroxylation is 2. The molecule has 0 fully saturated rings. The molecule has 0 saturated heterocycles. The van der Waals surface area contributed by atoms with Crippen molar-refractivity contribution in [2.45, 2.75) is 40.5 Å².